The third-order valence-electron chi connectivity index (χ3n) is 3.03. The van der Waals surface area contributed by atoms with E-state index in [1.807, 2.05) is 13.8 Å². The van der Waals surface area contributed by atoms with Crippen LogP contribution in [-0.2, 0) is 9.59 Å². The molecule has 0 saturated heterocycles. The molecule has 1 N–H and O–H groups in total. The van der Waals surface area contributed by atoms with E-state index < -0.39 is 5.97 Å². The highest BCUT2D eigenvalue weighted by molar-refractivity contribution is 5.81. The minimum atomic E-state index is -0.987. The van der Waals surface area contributed by atoms with Crippen LogP contribution >= 0.6 is 0 Å². The number of hydrogen-bond acceptors (Lipinski definition) is 2. The minimum Gasteiger partial charge on any atom is -0.481 e. The number of benzene rings is 1. The molecule has 0 radical (unpaired) electrons. The van der Waals surface area contributed by atoms with Crippen molar-refractivity contribution in [3.05, 3.63) is 35.6 Å². The summed E-state index contributed by atoms with van der Waals surface area (Å²) in [5.74, 6) is -1.52. The third kappa shape index (κ3) is 4.35. The fourth-order valence-electron chi connectivity index (χ4n) is 1.94. The highest BCUT2D eigenvalue weighted by atomic mass is 19.1. The molecule has 0 aliphatic heterocycles. The van der Waals surface area contributed by atoms with Gasteiger partial charge in [0.25, 0.3) is 0 Å². The standard InChI is InChI=1S/C14H18FNO3/c1-3-16(13(17)8-9-14(18)19)10(2)11-4-6-12(15)7-5-11/h4-7,10H,3,8-9H2,1-2H3,(H,18,19). The van der Waals surface area contributed by atoms with Crippen molar-refractivity contribution in [2.45, 2.75) is 32.7 Å². The zero-order chi connectivity index (χ0) is 14.4. The number of amides is 1. The number of carboxylic acid groups (broad SMARTS) is 1. The van der Waals surface area contributed by atoms with Crippen LogP contribution in [0, 0.1) is 5.82 Å². The van der Waals surface area contributed by atoms with Crippen molar-refractivity contribution in [3.63, 3.8) is 0 Å². The molecule has 1 aromatic carbocycles. The Labute approximate surface area is 111 Å². The molecule has 1 amide bonds. The van der Waals surface area contributed by atoms with Gasteiger partial charge in [-0.3, -0.25) is 9.59 Å². The van der Waals surface area contributed by atoms with E-state index >= 15 is 0 Å². The van der Waals surface area contributed by atoms with Gasteiger partial charge in [-0.25, -0.2) is 4.39 Å². The van der Waals surface area contributed by atoms with Gasteiger partial charge in [-0.15, -0.1) is 0 Å². The number of carboxylic acids is 1. The van der Waals surface area contributed by atoms with Crippen LogP contribution in [0.2, 0.25) is 0 Å². The van der Waals surface area contributed by atoms with Crippen molar-refractivity contribution in [3.8, 4) is 0 Å². The number of nitrogens with zero attached hydrogens (tertiary/aromatic N) is 1. The molecule has 0 bridgehead atoms. The second-order valence-electron chi connectivity index (χ2n) is 4.30. The zero-order valence-electron chi connectivity index (χ0n) is 11.1. The monoisotopic (exact) mass is 267 g/mol. The molecule has 0 aromatic heterocycles. The molecule has 19 heavy (non-hydrogen) atoms. The lowest BCUT2D eigenvalue weighted by atomic mass is 10.1. The molecular weight excluding hydrogens is 249 g/mol. The van der Waals surface area contributed by atoms with Crippen LogP contribution in [0.3, 0.4) is 0 Å². The molecule has 5 heteroatoms. The van der Waals surface area contributed by atoms with Gasteiger partial charge in [-0.05, 0) is 31.5 Å². The SMILES string of the molecule is CCN(C(=O)CCC(=O)O)C(C)c1ccc(F)cc1. The summed E-state index contributed by atoms with van der Waals surface area (Å²) in [6, 6.07) is 5.76. The summed E-state index contributed by atoms with van der Waals surface area (Å²) in [4.78, 5) is 24.0. The highest BCUT2D eigenvalue weighted by Gasteiger charge is 2.20. The first kappa shape index (κ1) is 15.1. The van der Waals surface area contributed by atoms with E-state index in [4.69, 9.17) is 5.11 Å². The van der Waals surface area contributed by atoms with Crippen LogP contribution in [-0.4, -0.2) is 28.4 Å². The van der Waals surface area contributed by atoms with Crippen LogP contribution in [0.4, 0.5) is 4.39 Å². The van der Waals surface area contributed by atoms with E-state index in [0.717, 1.165) is 5.56 Å². The molecule has 1 unspecified atom stereocenters. The zero-order valence-corrected chi connectivity index (χ0v) is 11.1. The summed E-state index contributed by atoms with van der Waals surface area (Å²) < 4.78 is 12.9. The third-order valence-corrected chi connectivity index (χ3v) is 3.03. The van der Waals surface area contributed by atoms with Crippen molar-refractivity contribution in [2.75, 3.05) is 6.54 Å². The highest BCUT2D eigenvalue weighted by Crippen LogP contribution is 2.21. The second-order valence-corrected chi connectivity index (χ2v) is 4.30. The molecule has 1 rings (SSSR count). The summed E-state index contributed by atoms with van der Waals surface area (Å²) >= 11 is 0. The number of aliphatic carboxylic acids is 1. The van der Waals surface area contributed by atoms with Gasteiger partial charge < -0.3 is 10.0 Å². The minimum absolute atomic E-state index is 0.0191. The summed E-state index contributed by atoms with van der Waals surface area (Å²) in [5.41, 5.74) is 0.826. The van der Waals surface area contributed by atoms with E-state index in [1.165, 1.54) is 12.1 Å². The number of hydrogen-bond donors (Lipinski definition) is 1. The van der Waals surface area contributed by atoms with Gasteiger partial charge in [-0.1, -0.05) is 12.1 Å². The summed E-state index contributed by atoms with van der Waals surface area (Å²) in [7, 11) is 0. The Morgan fingerprint density at radius 2 is 1.84 bits per heavy atom. The van der Waals surface area contributed by atoms with Gasteiger partial charge >= 0.3 is 5.97 Å². The van der Waals surface area contributed by atoms with Crippen LogP contribution in [0.15, 0.2) is 24.3 Å². The molecule has 0 heterocycles. The maximum absolute atomic E-state index is 12.9. The second kappa shape index (κ2) is 6.87. The quantitative estimate of drug-likeness (QED) is 0.862. The Morgan fingerprint density at radius 1 is 1.26 bits per heavy atom. The Balaban J connectivity index is 2.75. The van der Waals surface area contributed by atoms with Crippen molar-refractivity contribution < 1.29 is 19.1 Å². The van der Waals surface area contributed by atoms with E-state index in [-0.39, 0.29) is 30.6 Å². The van der Waals surface area contributed by atoms with Crippen molar-refractivity contribution >= 4 is 11.9 Å². The van der Waals surface area contributed by atoms with Gasteiger partial charge in [0.15, 0.2) is 0 Å². The molecular formula is C14H18FNO3. The molecule has 4 nitrogen and oxygen atoms in total. The molecule has 1 aromatic rings. The van der Waals surface area contributed by atoms with Gasteiger partial charge in [-0.2, -0.15) is 0 Å². The average molecular weight is 267 g/mol. The van der Waals surface area contributed by atoms with Crippen LogP contribution in [0.1, 0.15) is 38.3 Å². The normalized spacial score (nSPS) is 11.9. The maximum Gasteiger partial charge on any atom is 0.303 e. The lowest BCUT2D eigenvalue weighted by Crippen LogP contribution is -2.33. The largest absolute Gasteiger partial charge is 0.481 e. The van der Waals surface area contributed by atoms with Gasteiger partial charge in [0.2, 0.25) is 5.91 Å². The van der Waals surface area contributed by atoms with Gasteiger partial charge in [0.1, 0.15) is 5.82 Å². The predicted octanol–water partition coefficient (Wildman–Crippen LogP) is 2.60. The van der Waals surface area contributed by atoms with Crippen LogP contribution in [0.5, 0.6) is 0 Å². The number of halogens is 1. The topological polar surface area (TPSA) is 57.6 Å². The fraction of sp³-hybridized carbons (Fsp3) is 0.429. The molecule has 0 spiro atoms. The number of carbonyl (C=O) groups excluding carboxylic acids is 1. The predicted molar refractivity (Wildman–Crippen MR) is 69.1 cm³/mol. The van der Waals surface area contributed by atoms with Crippen molar-refractivity contribution in [1.82, 2.24) is 4.90 Å². The molecule has 104 valence electrons. The first-order chi connectivity index (χ1) is 8.95. The van der Waals surface area contributed by atoms with Crippen molar-refractivity contribution in [1.29, 1.82) is 0 Å². The van der Waals surface area contributed by atoms with Crippen LogP contribution < -0.4 is 0 Å². The van der Waals surface area contributed by atoms with Gasteiger partial charge in [0, 0.05) is 13.0 Å². The lowest BCUT2D eigenvalue weighted by molar-refractivity contribution is -0.141. The van der Waals surface area contributed by atoms with E-state index in [1.54, 1.807) is 17.0 Å². The smallest absolute Gasteiger partial charge is 0.303 e. The molecule has 0 saturated carbocycles. The Hall–Kier alpha value is -1.91. The number of rotatable bonds is 6. The molecule has 0 aliphatic rings. The average Bonchev–Trinajstić information content (AvgIpc) is 2.37. The molecule has 1 atom stereocenters. The summed E-state index contributed by atoms with van der Waals surface area (Å²) in [6.45, 7) is 4.16. The molecule has 0 aliphatic carbocycles. The fourth-order valence-corrected chi connectivity index (χ4v) is 1.94. The van der Waals surface area contributed by atoms with E-state index in [0.29, 0.717) is 6.54 Å². The first-order valence-electron chi connectivity index (χ1n) is 6.22. The van der Waals surface area contributed by atoms with Crippen LogP contribution in [0.25, 0.3) is 0 Å². The Kier molecular flexibility index (Phi) is 5.48. The van der Waals surface area contributed by atoms with Gasteiger partial charge in [0.05, 0.1) is 12.5 Å². The molecule has 0 fully saturated rings. The van der Waals surface area contributed by atoms with Crippen molar-refractivity contribution in [2.24, 2.45) is 0 Å². The maximum atomic E-state index is 12.9. The Bertz CT molecular complexity index is 445. The summed E-state index contributed by atoms with van der Waals surface area (Å²) in [6.07, 6.45) is -0.194. The number of carbonyl (C=O) groups is 2. The summed E-state index contributed by atoms with van der Waals surface area (Å²) in [5, 5.41) is 8.59. The van der Waals surface area contributed by atoms with E-state index in [2.05, 4.69) is 0 Å². The first-order valence-corrected chi connectivity index (χ1v) is 6.22. The lowest BCUT2D eigenvalue weighted by Gasteiger charge is -2.28. The Morgan fingerprint density at radius 3 is 2.32 bits per heavy atom. The van der Waals surface area contributed by atoms with E-state index in [9.17, 15) is 14.0 Å².